The van der Waals surface area contributed by atoms with Crippen LogP contribution in [0.4, 0.5) is 0 Å². The standard InChI is InChI=1S/C13H23N3O2S/c1-4-16(19(3,17)18)11-5-8-15-12(2)13-6-9-14-10-7-13/h6-7,9-10,12,15H,4-5,8,11H2,1-3H3. The van der Waals surface area contributed by atoms with Gasteiger partial charge in [0.1, 0.15) is 0 Å². The second-order valence-corrected chi connectivity index (χ2v) is 6.55. The van der Waals surface area contributed by atoms with Crippen LogP contribution in [-0.4, -0.2) is 43.6 Å². The molecule has 5 nitrogen and oxygen atoms in total. The van der Waals surface area contributed by atoms with Gasteiger partial charge in [-0.15, -0.1) is 0 Å². The third-order valence-electron chi connectivity index (χ3n) is 3.06. The van der Waals surface area contributed by atoms with Gasteiger partial charge in [-0.2, -0.15) is 0 Å². The van der Waals surface area contributed by atoms with Gasteiger partial charge in [0, 0.05) is 31.5 Å². The summed E-state index contributed by atoms with van der Waals surface area (Å²) in [5, 5.41) is 3.38. The van der Waals surface area contributed by atoms with Crippen LogP contribution < -0.4 is 5.32 Å². The molecule has 0 saturated carbocycles. The number of pyridine rings is 1. The molecule has 0 fully saturated rings. The van der Waals surface area contributed by atoms with Crippen LogP contribution in [0.5, 0.6) is 0 Å². The molecule has 6 heteroatoms. The lowest BCUT2D eigenvalue weighted by molar-refractivity contribution is 0.413. The van der Waals surface area contributed by atoms with Gasteiger partial charge >= 0.3 is 0 Å². The predicted molar refractivity (Wildman–Crippen MR) is 77.4 cm³/mol. The van der Waals surface area contributed by atoms with E-state index in [4.69, 9.17) is 0 Å². The molecule has 0 aliphatic rings. The third kappa shape index (κ3) is 5.67. The third-order valence-corrected chi connectivity index (χ3v) is 4.44. The molecule has 0 radical (unpaired) electrons. The van der Waals surface area contributed by atoms with Gasteiger partial charge in [-0.1, -0.05) is 6.92 Å². The summed E-state index contributed by atoms with van der Waals surface area (Å²) in [6.07, 6.45) is 5.60. The Hall–Kier alpha value is -0.980. The van der Waals surface area contributed by atoms with Crippen molar-refractivity contribution < 1.29 is 8.42 Å². The zero-order chi connectivity index (χ0) is 14.3. The molecule has 1 N–H and O–H groups in total. The lowest BCUT2D eigenvalue weighted by Gasteiger charge is -2.19. The van der Waals surface area contributed by atoms with Crippen LogP contribution in [0, 0.1) is 0 Å². The summed E-state index contributed by atoms with van der Waals surface area (Å²) in [7, 11) is -3.07. The lowest BCUT2D eigenvalue weighted by Crippen LogP contribution is -2.32. The molecule has 19 heavy (non-hydrogen) atoms. The molecule has 0 spiro atoms. The number of sulfonamides is 1. The molecule has 1 aromatic heterocycles. The van der Waals surface area contributed by atoms with Crippen molar-refractivity contribution in [1.82, 2.24) is 14.6 Å². The fourth-order valence-corrected chi connectivity index (χ4v) is 2.83. The van der Waals surface area contributed by atoms with Gasteiger partial charge in [-0.3, -0.25) is 4.98 Å². The Labute approximate surface area is 116 Å². The normalized spacial score (nSPS) is 13.7. The van der Waals surface area contributed by atoms with Crippen LogP contribution in [0.2, 0.25) is 0 Å². The number of nitrogens with one attached hydrogen (secondary N) is 1. The molecular weight excluding hydrogens is 262 g/mol. The molecule has 1 rings (SSSR count). The largest absolute Gasteiger partial charge is 0.310 e. The molecule has 0 amide bonds. The smallest absolute Gasteiger partial charge is 0.211 e. The van der Waals surface area contributed by atoms with E-state index in [1.165, 1.54) is 16.1 Å². The molecule has 0 saturated heterocycles. The highest BCUT2D eigenvalue weighted by Gasteiger charge is 2.13. The molecule has 1 atom stereocenters. The zero-order valence-electron chi connectivity index (χ0n) is 11.8. The minimum Gasteiger partial charge on any atom is -0.310 e. The maximum Gasteiger partial charge on any atom is 0.211 e. The highest BCUT2D eigenvalue weighted by Crippen LogP contribution is 2.09. The van der Waals surface area contributed by atoms with Crippen LogP contribution in [0.25, 0.3) is 0 Å². The second-order valence-electron chi connectivity index (χ2n) is 4.56. The average molecular weight is 285 g/mol. The summed E-state index contributed by atoms with van der Waals surface area (Å²) in [6.45, 7) is 5.82. The van der Waals surface area contributed by atoms with Gasteiger partial charge in [0.2, 0.25) is 10.0 Å². The van der Waals surface area contributed by atoms with Gasteiger partial charge in [-0.05, 0) is 37.6 Å². The Kier molecular flexibility index (Phi) is 6.41. The fraction of sp³-hybridized carbons (Fsp3) is 0.615. The summed E-state index contributed by atoms with van der Waals surface area (Å²) in [6, 6.07) is 4.20. The predicted octanol–water partition coefficient (Wildman–Crippen LogP) is 1.40. The first-order chi connectivity index (χ1) is 8.95. The molecule has 108 valence electrons. The van der Waals surface area contributed by atoms with E-state index < -0.39 is 10.0 Å². The minimum absolute atomic E-state index is 0.247. The molecule has 1 aromatic rings. The first-order valence-corrected chi connectivity index (χ1v) is 8.38. The highest BCUT2D eigenvalue weighted by atomic mass is 32.2. The van der Waals surface area contributed by atoms with Crippen molar-refractivity contribution in [3.63, 3.8) is 0 Å². The summed E-state index contributed by atoms with van der Waals surface area (Å²) in [4.78, 5) is 3.98. The van der Waals surface area contributed by atoms with E-state index in [1.54, 1.807) is 12.4 Å². The minimum atomic E-state index is -3.07. The number of rotatable bonds is 8. The van der Waals surface area contributed by atoms with Crippen molar-refractivity contribution in [1.29, 1.82) is 0 Å². The van der Waals surface area contributed by atoms with Gasteiger partial charge in [-0.25, -0.2) is 12.7 Å². The Balaban J connectivity index is 2.31. The molecule has 0 aliphatic carbocycles. The van der Waals surface area contributed by atoms with Crippen LogP contribution in [0.15, 0.2) is 24.5 Å². The van der Waals surface area contributed by atoms with E-state index in [1.807, 2.05) is 19.1 Å². The molecule has 1 unspecified atom stereocenters. The zero-order valence-corrected chi connectivity index (χ0v) is 12.7. The number of hydrogen-bond donors (Lipinski definition) is 1. The van der Waals surface area contributed by atoms with Crippen molar-refractivity contribution in [3.05, 3.63) is 30.1 Å². The summed E-state index contributed by atoms with van der Waals surface area (Å²) < 4.78 is 24.3. The average Bonchev–Trinajstić information content (AvgIpc) is 2.38. The van der Waals surface area contributed by atoms with Gasteiger partial charge in [0.05, 0.1) is 6.26 Å². The van der Waals surface area contributed by atoms with E-state index in [0.29, 0.717) is 13.1 Å². The Morgan fingerprint density at radius 1 is 1.37 bits per heavy atom. The topological polar surface area (TPSA) is 62.3 Å². The van der Waals surface area contributed by atoms with Crippen molar-refractivity contribution >= 4 is 10.0 Å². The van der Waals surface area contributed by atoms with Crippen molar-refractivity contribution in [2.24, 2.45) is 0 Å². The summed E-state index contributed by atoms with van der Waals surface area (Å²) in [5.41, 5.74) is 1.19. The number of aromatic nitrogens is 1. The van der Waals surface area contributed by atoms with Crippen LogP contribution in [0.3, 0.4) is 0 Å². The quantitative estimate of drug-likeness (QED) is 0.734. The summed E-state index contributed by atoms with van der Waals surface area (Å²) >= 11 is 0. The van der Waals surface area contributed by atoms with Gasteiger partial charge < -0.3 is 5.32 Å². The Morgan fingerprint density at radius 2 is 2.00 bits per heavy atom. The maximum atomic E-state index is 11.4. The summed E-state index contributed by atoms with van der Waals surface area (Å²) in [5.74, 6) is 0. The van der Waals surface area contributed by atoms with Crippen molar-refractivity contribution in [2.45, 2.75) is 26.3 Å². The van der Waals surface area contributed by atoms with E-state index in [9.17, 15) is 8.42 Å². The van der Waals surface area contributed by atoms with Crippen LogP contribution in [0.1, 0.15) is 31.9 Å². The highest BCUT2D eigenvalue weighted by molar-refractivity contribution is 7.88. The first kappa shape index (κ1) is 16.1. The maximum absolute atomic E-state index is 11.4. The number of hydrogen-bond acceptors (Lipinski definition) is 4. The Morgan fingerprint density at radius 3 is 2.53 bits per heavy atom. The number of nitrogens with zero attached hydrogens (tertiary/aromatic N) is 2. The van der Waals surface area contributed by atoms with Gasteiger partial charge in [0.25, 0.3) is 0 Å². The molecule has 0 bridgehead atoms. The van der Waals surface area contributed by atoms with Gasteiger partial charge in [0.15, 0.2) is 0 Å². The fourth-order valence-electron chi connectivity index (χ4n) is 1.90. The van der Waals surface area contributed by atoms with Crippen molar-refractivity contribution in [2.75, 3.05) is 25.9 Å². The molecule has 1 heterocycles. The van der Waals surface area contributed by atoms with E-state index >= 15 is 0 Å². The molecular formula is C13H23N3O2S. The molecule has 0 aromatic carbocycles. The monoisotopic (exact) mass is 285 g/mol. The van der Waals surface area contributed by atoms with Crippen molar-refractivity contribution in [3.8, 4) is 0 Å². The van der Waals surface area contributed by atoms with Crippen LogP contribution in [-0.2, 0) is 10.0 Å². The Bertz CT molecular complexity index is 462. The SMILES string of the molecule is CCN(CCCNC(C)c1ccncc1)S(C)(=O)=O. The molecule has 0 aliphatic heterocycles. The van der Waals surface area contributed by atoms with E-state index in [0.717, 1.165) is 13.0 Å². The van der Waals surface area contributed by atoms with E-state index in [-0.39, 0.29) is 6.04 Å². The van der Waals surface area contributed by atoms with Crippen LogP contribution >= 0.6 is 0 Å². The lowest BCUT2D eigenvalue weighted by atomic mass is 10.1. The first-order valence-electron chi connectivity index (χ1n) is 6.53. The second kappa shape index (κ2) is 7.57. The van der Waals surface area contributed by atoms with E-state index in [2.05, 4.69) is 17.2 Å².